The van der Waals surface area contributed by atoms with E-state index in [2.05, 4.69) is 10.6 Å². The number of carbonyl (C=O) groups excluding carboxylic acids is 2. The van der Waals surface area contributed by atoms with Gasteiger partial charge in [0.1, 0.15) is 0 Å². The largest absolute Gasteiger partial charge is 0.387 e. The van der Waals surface area contributed by atoms with Gasteiger partial charge in [0.15, 0.2) is 0 Å². The van der Waals surface area contributed by atoms with Crippen LogP contribution in [0.15, 0.2) is 29.2 Å². The zero-order valence-corrected chi connectivity index (χ0v) is 13.5. The maximum Gasteiger partial charge on any atom is 0.309 e. The van der Waals surface area contributed by atoms with Crippen LogP contribution in [0.3, 0.4) is 0 Å². The highest BCUT2D eigenvalue weighted by Gasteiger charge is 2.21. The molecule has 0 heterocycles. The topological polar surface area (TPSA) is 78.4 Å². The van der Waals surface area contributed by atoms with Gasteiger partial charge in [-0.15, -0.1) is 11.8 Å². The monoisotopic (exact) mass is 322 g/mol. The van der Waals surface area contributed by atoms with E-state index >= 15 is 0 Å². The van der Waals surface area contributed by atoms with E-state index in [1.54, 1.807) is 11.8 Å². The summed E-state index contributed by atoms with van der Waals surface area (Å²) < 4.78 is 0. The van der Waals surface area contributed by atoms with Crippen LogP contribution in [-0.4, -0.2) is 35.8 Å². The van der Waals surface area contributed by atoms with Gasteiger partial charge in [0, 0.05) is 17.5 Å². The Hall–Kier alpha value is -1.53. The molecule has 1 saturated carbocycles. The number of hydrogen-bond acceptors (Lipinski definition) is 4. The van der Waals surface area contributed by atoms with Gasteiger partial charge in [-0.05, 0) is 36.8 Å². The van der Waals surface area contributed by atoms with Crippen LogP contribution in [0, 0.1) is 0 Å². The molecule has 0 radical (unpaired) electrons. The van der Waals surface area contributed by atoms with Crippen molar-refractivity contribution in [2.24, 2.45) is 0 Å². The molecule has 5 nitrogen and oxygen atoms in total. The number of rotatable bonds is 5. The molecule has 1 fully saturated rings. The Morgan fingerprint density at radius 2 is 1.86 bits per heavy atom. The minimum atomic E-state index is -0.820. The van der Waals surface area contributed by atoms with Gasteiger partial charge in [0.2, 0.25) is 0 Å². The van der Waals surface area contributed by atoms with Crippen LogP contribution in [0.5, 0.6) is 0 Å². The van der Waals surface area contributed by atoms with Crippen molar-refractivity contribution in [2.45, 2.75) is 42.7 Å². The van der Waals surface area contributed by atoms with Crippen LogP contribution in [0.25, 0.3) is 0 Å². The van der Waals surface area contributed by atoms with E-state index in [4.69, 9.17) is 0 Å². The molecule has 3 N–H and O–H groups in total. The fraction of sp³-hybridized carbons (Fsp3) is 0.500. The summed E-state index contributed by atoms with van der Waals surface area (Å²) in [6, 6.07) is 7.58. The maximum atomic E-state index is 11.7. The second-order valence-corrected chi connectivity index (χ2v) is 6.33. The number of aliphatic hydroxyl groups is 1. The van der Waals surface area contributed by atoms with E-state index in [9.17, 15) is 14.7 Å². The second kappa shape index (κ2) is 8.19. The number of nitrogens with one attached hydrogen (secondary N) is 2. The highest BCUT2D eigenvalue weighted by atomic mass is 32.2. The lowest BCUT2D eigenvalue weighted by Crippen LogP contribution is -2.44. The number of hydrogen-bond donors (Lipinski definition) is 3. The molecule has 1 aliphatic rings. The van der Waals surface area contributed by atoms with Gasteiger partial charge in [0.25, 0.3) is 0 Å². The molecule has 1 aromatic carbocycles. The molecule has 0 saturated heterocycles. The molecule has 120 valence electrons. The molecule has 0 unspecified atom stereocenters. The summed E-state index contributed by atoms with van der Waals surface area (Å²) in [6.45, 7) is 0.0233. The molecule has 1 aliphatic carbocycles. The number of benzene rings is 1. The summed E-state index contributed by atoms with van der Waals surface area (Å²) in [6.07, 6.45) is 5.22. The van der Waals surface area contributed by atoms with Gasteiger partial charge in [-0.2, -0.15) is 0 Å². The summed E-state index contributed by atoms with van der Waals surface area (Å²) in [5, 5.41) is 15.2. The molecular weight excluding hydrogens is 300 g/mol. The predicted octanol–water partition coefficient (Wildman–Crippen LogP) is 1.62. The Balaban J connectivity index is 1.77. The molecule has 0 bridgehead atoms. The standard InChI is InChI=1S/C16H22N2O3S/c1-22-13-8-6-11(7-9-13)14(19)10-17-15(20)16(21)18-12-4-2-3-5-12/h6-9,12,14,19H,2-5,10H2,1H3,(H,17,20)(H,18,21)/t14-/m0/s1. The summed E-state index contributed by atoms with van der Waals surface area (Å²) in [7, 11) is 0. The molecular formula is C16H22N2O3S. The highest BCUT2D eigenvalue weighted by molar-refractivity contribution is 7.98. The average Bonchev–Trinajstić information content (AvgIpc) is 3.05. The van der Waals surface area contributed by atoms with Crippen LogP contribution in [0.4, 0.5) is 0 Å². The lowest BCUT2D eigenvalue weighted by molar-refractivity contribution is -0.139. The third kappa shape index (κ3) is 4.74. The van der Waals surface area contributed by atoms with E-state index in [0.717, 1.165) is 30.6 Å². The Labute approximate surface area is 134 Å². The molecule has 1 atom stereocenters. The summed E-state index contributed by atoms with van der Waals surface area (Å²) in [5.74, 6) is -1.30. The van der Waals surface area contributed by atoms with Crippen LogP contribution in [0.2, 0.25) is 0 Å². The Bertz CT molecular complexity index is 513. The Kier molecular flexibility index (Phi) is 6.27. The zero-order chi connectivity index (χ0) is 15.9. The van der Waals surface area contributed by atoms with Gasteiger partial charge in [-0.25, -0.2) is 0 Å². The van der Waals surface area contributed by atoms with Crippen molar-refractivity contribution >= 4 is 23.6 Å². The minimum Gasteiger partial charge on any atom is -0.387 e. The highest BCUT2D eigenvalue weighted by Crippen LogP contribution is 2.19. The van der Waals surface area contributed by atoms with Crippen LogP contribution in [0.1, 0.15) is 37.4 Å². The van der Waals surface area contributed by atoms with E-state index in [1.165, 1.54) is 0 Å². The molecule has 6 heteroatoms. The molecule has 0 spiro atoms. The van der Waals surface area contributed by atoms with E-state index in [1.807, 2.05) is 30.5 Å². The third-order valence-corrected chi connectivity index (χ3v) is 4.60. The predicted molar refractivity (Wildman–Crippen MR) is 86.6 cm³/mol. The normalized spacial score (nSPS) is 16.3. The molecule has 0 aliphatic heterocycles. The van der Waals surface area contributed by atoms with Gasteiger partial charge < -0.3 is 15.7 Å². The van der Waals surface area contributed by atoms with E-state index in [-0.39, 0.29) is 12.6 Å². The fourth-order valence-corrected chi connectivity index (χ4v) is 2.94. The van der Waals surface area contributed by atoms with E-state index in [0.29, 0.717) is 5.56 Å². The van der Waals surface area contributed by atoms with Gasteiger partial charge in [0.05, 0.1) is 6.10 Å². The first kappa shape index (κ1) is 16.8. The van der Waals surface area contributed by atoms with Crippen molar-refractivity contribution in [1.29, 1.82) is 0 Å². The fourth-order valence-electron chi connectivity index (χ4n) is 2.53. The van der Waals surface area contributed by atoms with Crippen LogP contribution in [-0.2, 0) is 9.59 Å². The number of carbonyl (C=O) groups is 2. The van der Waals surface area contributed by atoms with Gasteiger partial charge in [-0.1, -0.05) is 25.0 Å². The number of thioether (sulfide) groups is 1. The molecule has 2 rings (SSSR count). The van der Waals surface area contributed by atoms with Crippen molar-refractivity contribution in [2.75, 3.05) is 12.8 Å². The second-order valence-electron chi connectivity index (χ2n) is 5.45. The zero-order valence-electron chi connectivity index (χ0n) is 12.7. The lowest BCUT2D eigenvalue weighted by Gasteiger charge is -2.14. The average molecular weight is 322 g/mol. The smallest absolute Gasteiger partial charge is 0.309 e. The SMILES string of the molecule is CSc1ccc([C@@H](O)CNC(=O)C(=O)NC2CCCC2)cc1. The first-order valence-electron chi connectivity index (χ1n) is 7.51. The van der Waals surface area contributed by atoms with Gasteiger partial charge >= 0.3 is 11.8 Å². The molecule has 1 aromatic rings. The summed E-state index contributed by atoms with van der Waals surface area (Å²) in [5.41, 5.74) is 0.717. The summed E-state index contributed by atoms with van der Waals surface area (Å²) >= 11 is 1.62. The first-order valence-corrected chi connectivity index (χ1v) is 8.73. The minimum absolute atomic E-state index is 0.0233. The van der Waals surface area contributed by atoms with Crippen LogP contribution < -0.4 is 10.6 Å². The lowest BCUT2D eigenvalue weighted by atomic mass is 10.1. The van der Waals surface area contributed by atoms with Crippen molar-refractivity contribution in [3.63, 3.8) is 0 Å². The maximum absolute atomic E-state index is 11.7. The van der Waals surface area contributed by atoms with Crippen molar-refractivity contribution in [3.8, 4) is 0 Å². The molecule has 22 heavy (non-hydrogen) atoms. The van der Waals surface area contributed by atoms with E-state index < -0.39 is 17.9 Å². The van der Waals surface area contributed by atoms with Crippen molar-refractivity contribution < 1.29 is 14.7 Å². The molecule has 2 amide bonds. The molecule has 0 aromatic heterocycles. The van der Waals surface area contributed by atoms with Gasteiger partial charge in [-0.3, -0.25) is 9.59 Å². The quantitative estimate of drug-likeness (QED) is 0.568. The van der Waals surface area contributed by atoms with Crippen molar-refractivity contribution in [3.05, 3.63) is 29.8 Å². The van der Waals surface area contributed by atoms with Crippen LogP contribution >= 0.6 is 11.8 Å². The number of aliphatic hydroxyl groups excluding tert-OH is 1. The third-order valence-electron chi connectivity index (χ3n) is 3.85. The Morgan fingerprint density at radius 1 is 1.23 bits per heavy atom. The van der Waals surface area contributed by atoms with Crippen molar-refractivity contribution in [1.82, 2.24) is 10.6 Å². The first-order chi connectivity index (χ1) is 10.6. The Morgan fingerprint density at radius 3 is 2.45 bits per heavy atom. The summed E-state index contributed by atoms with van der Waals surface area (Å²) in [4.78, 5) is 24.6. The number of amides is 2.